The Kier molecular flexibility index (Phi) is 3.11. The van der Waals surface area contributed by atoms with Crippen LogP contribution >= 0.6 is 7.26 Å². The second kappa shape index (κ2) is 4.37. The molecule has 80 valence electrons. The van der Waals surface area contributed by atoms with E-state index in [0.29, 0.717) is 0 Å². The normalized spacial score (nSPS) is 25.1. The lowest BCUT2D eigenvalue weighted by atomic mass is 10.2. The highest BCUT2D eigenvalue weighted by atomic mass is 31.2. The van der Waals surface area contributed by atoms with Gasteiger partial charge in [0.05, 0.1) is 31.9 Å². The van der Waals surface area contributed by atoms with Crippen molar-refractivity contribution in [3.8, 4) is 0 Å². The number of ether oxygens (including phenoxy) is 1. The fourth-order valence-corrected chi connectivity index (χ4v) is 5.21. The Morgan fingerprint density at radius 1 is 1.27 bits per heavy atom. The zero-order valence-electron chi connectivity index (χ0n) is 9.44. The van der Waals surface area contributed by atoms with E-state index in [-0.39, 0.29) is 0 Å². The Balaban J connectivity index is 2.10. The van der Waals surface area contributed by atoms with Crippen molar-refractivity contribution >= 4 is 7.26 Å². The first-order chi connectivity index (χ1) is 7.22. The van der Waals surface area contributed by atoms with Gasteiger partial charge < -0.3 is 4.74 Å². The van der Waals surface area contributed by atoms with Crippen molar-refractivity contribution in [1.82, 2.24) is 0 Å². The molecule has 0 bridgehead atoms. The third kappa shape index (κ3) is 2.60. The predicted octanol–water partition coefficient (Wildman–Crippen LogP) is 3.73. The van der Waals surface area contributed by atoms with Crippen LogP contribution in [0.3, 0.4) is 0 Å². The first kappa shape index (κ1) is 10.7. The minimum atomic E-state index is -0.902. The van der Waals surface area contributed by atoms with Gasteiger partial charge in [-0.05, 0) is 5.56 Å². The van der Waals surface area contributed by atoms with Gasteiger partial charge in [0.2, 0.25) is 0 Å². The van der Waals surface area contributed by atoms with Crippen LogP contribution < -0.4 is 0 Å². The van der Waals surface area contributed by atoms with Gasteiger partial charge in [0.25, 0.3) is 0 Å². The van der Waals surface area contributed by atoms with E-state index >= 15 is 0 Å². The molecular formula is C13H18OP+. The van der Waals surface area contributed by atoms with E-state index in [4.69, 9.17) is 4.74 Å². The SMILES string of the molecule is COC1=C[P+](C)(Cc2ccccc2)CC1. The first-order valence-corrected chi connectivity index (χ1v) is 8.03. The van der Waals surface area contributed by atoms with Crippen LogP contribution in [0.1, 0.15) is 12.0 Å². The molecule has 1 heterocycles. The minimum absolute atomic E-state index is 0.902. The zero-order chi connectivity index (χ0) is 10.7. The van der Waals surface area contributed by atoms with E-state index < -0.39 is 7.26 Å². The molecule has 2 heteroatoms. The summed E-state index contributed by atoms with van der Waals surface area (Å²) in [4.78, 5) is 0. The molecule has 1 aromatic carbocycles. The summed E-state index contributed by atoms with van der Waals surface area (Å²) in [5.74, 6) is 3.60. The van der Waals surface area contributed by atoms with E-state index in [0.717, 1.165) is 6.42 Å². The fraction of sp³-hybridized carbons (Fsp3) is 0.385. The molecule has 0 fully saturated rings. The van der Waals surface area contributed by atoms with Crippen LogP contribution in [0.4, 0.5) is 0 Å². The quantitative estimate of drug-likeness (QED) is 0.707. The zero-order valence-corrected chi connectivity index (χ0v) is 10.3. The van der Waals surface area contributed by atoms with Crippen molar-refractivity contribution in [2.24, 2.45) is 0 Å². The van der Waals surface area contributed by atoms with Gasteiger partial charge in [0, 0.05) is 13.7 Å². The van der Waals surface area contributed by atoms with Crippen molar-refractivity contribution in [2.75, 3.05) is 19.9 Å². The van der Waals surface area contributed by atoms with Gasteiger partial charge in [0.1, 0.15) is 5.76 Å². The highest BCUT2D eigenvalue weighted by molar-refractivity contribution is 7.77. The maximum Gasteiger partial charge on any atom is 0.134 e. The number of methoxy groups -OCH3 is 1. The third-order valence-corrected chi connectivity index (χ3v) is 6.22. The molecule has 0 amide bonds. The van der Waals surface area contributed by atoms with Crippen molar-refractivity contribution in [3.63, 3.8) is 0 Å². The molecule has 0 N–H and O–H groups in total. The Hall–Kier alpha value is -0.810. The highest BCUT2D eigenvalue weighted by Crippen LogP contribution is 2.64. The Bertz CT molecular complexity index is 358. The summed E-state index contributed by atoms with van der Waals surface area (Å²) in [5, 5.41) is 0. The van der Waals surface area contributed by atoms with Crippen molar-refractivity contribution in [3.05, 3.63) is 47.5 Å². The van der Waals surface area contributed by atoms with Crippen LogP contribution in [0.25, 0.3) is 0 Å². The highest BCUT2D eigenvalue weighted by Gasteiger charge is 2.36. The molecule has 0 saturated carbocycles. The number of hydrogen-bond donors (Lipinski definition) is 0. The van der Waals surface area contributed by atoms with Crippen molar-refractivity contribution < 1.29 is 4.74 Å². The van der Waals surface area contributed by atoms with Crippen LogP contribution in [0.2, 0.25) is 0 Å². The summed E-state index contributed by atoms with van der Waals surface area (Å²) in [6.45, 7) is 2.42. The maximum absolute atomic E-state index is 5.33. The topological polar surface area (TPSA) is 9.23 Å². The average molecular weight is 221 g/mol. The van der Waals surface area contributed by atoms with E-state index in [2.05, 4.69) is 42.8 Å². The molecule has 1 nitrogen and oxygen atoms in total. The van der Waals surface area contributed by atoms with Crippen LogP contribution in [0.15, 0.2) is 41.9 Å². The molecule has 0 saturated heterocycles. The monoisotopic (exact) mass is 221 g/mol. The molecule has 1 unspecified atom stereocenters. The molecule has 1 aromatic rings. The van der Waals surface area contributed by atoms with Crippen LogP contribution in [-0.4, -0.2) is 19.9 Å². The Morgan fingerprint density at radius 2 is 2.00 bits per heavy atom. The van der Waals surface area contributed by atoms with E-state index in [1.807, 2.05) is 0 Å². The molecule has 2 rings (SSSR count). The van der Waals surface area contributed by atoms with Gasteiger partial charge >= 0.3 is 0 Å². The molecule has 0 aromatic heterocycles. The minimum Gasteiger partial charge on any atom is -0.498 e. The van der Waals surface area contributed by atoms with Gasteiger partial charge in [-0.25, -0.2) is 0 Å². The fourth-order valence-electron chi connectivity index (χ4n) is 2.12. The lowest BCUT2D eigenvalue weighted by Gasteiger charge is -2.13. The average Bonchev–Trinajstić information content (AvgIpc) is 2.61. The van der Waals surface area contributed by atoms with Gasteiger partial charge in [-0.15, -0.1) is 0 Å². The summed E-state index contributed by atoms with van der Waals surface area (Å²) < 4.78 is 5.33. The van der Waals surface area contributed by atoms with Gasteiger partial charge in [-0.2, -0.15) is 0 Å². The van der Waals surface area contributed by atoms with E-state index in [1.165, 1.54) is 23.6 Å². The predicted molar refractivity (Wildman–Crippen MR) is 67.6 cm³/mol. The van der Waals surface area contributed by atoms with Crippen LogP contribution in [-0.2, 0) is 10.9 Å². The van der Waals surface area contributed by atoms with Crippen LogP contribution in [0, 0.1) is 0 Å². The summed E-state index contributed by atoms with van der Waals surface area (Å²) in [5.41, 5.74) is 1.46. The second-order valence-electron chi connectivity index (χ2n) is 4.40. The third-order valence-electron chi connectivity index (χ3n) is 2.97. The van der Waals surface area contributed by atoms with Crippen molar-refractivity contribution in [1.29, 1.82) is 0 Å². The standard InChI is InChI=1S/C13H18OP/c1-14-13-8-9-15(2,11-13)10-12-6-4-3-5-7-12/h3-7,11H,8-10H2,1-2H3/q+1. The Morgan fingerprint density at radius 3 is 2.60 bits per heavy atom. The largest absolute Gasteiger partial charge is 0.498 e. The Labute approximate surface area is 92.5 Å². The van der Waals surface area contributed by atoms with E-state index in [9.17, 15) is 0 Å². The van der Waals surface area contributed by atoms with E-state index in [1.54, 1.807) is 7.11 Å². The molecule has 1 aliphatic heterocycles. The maximum atomic E-state index is 5.33. The second-order valence-corrected chi connectivity index (χ2v) is 8.38. The lowest BCUT2D eigenvalue weighted by Crippen LogP contribution is -1.93. The summed E-state index contributed by atoms with van der Waals surface area (Å²) >= 11 is 0. The molecule has 15 heavy (non-hydrogen) atoms. The molecule has 0 aliphatic carbocycles. The smallest absolute Gasteiger partial charge is 0.134 e. The van der Waals surface area contributed by atoms with Crippen molar-refractivity contribution in [2.45, 2.75) is 12.6 Å². The molecule has 1 atom stereocenters. The lowest BCUT2D eigenvalue weighted by molar-refractivity contribution is 0.284. The molecule has 1 aliphatic rings. The van der Waals surface area contributed by atoms with Gasteiger partial charge in [-0.3, -0.25) is 0 Å². The summed E-state index contributed by atoms with van der Waals surface area (Å²) in [6, 6.07) is 10.8. The first-order valence-electron chi connectivity index (χ1n) is 5.36. The molecule has 0 radical (unpaired) electrons. The van der Waals surface area contributed by atoms with Crippen LogP contribution in [0.5, 0.6) is 0 Å². The summed E-state index contributed by atoms with van der Waals surface area (Å²) in [6.07, 6.45) is 3.67. The summed E-state index contributed by atoms with van der Waals surface area (Å²) in [7, 11) is 0.880. The van der Waals surface area contributed by atoms with Gasteiger partial charge in [0.15, 0.2) is 0 Å². The number of allylic oxidation sites excluding steroid dienone is 1. The molecular weight excluding hydrogens is 203 g/mol. The number of hydrogen-bond acceptors (Lipinski definition) is 1. The molecule has 0 spiro atoms. The number of benzene rings is 1. The van der Waals surface area contributed by atoms with Gasteiger partial charge in [-0.1, -0.05) is 30.3 Å². The number of rotatable bonds is 3.